The van der Waals surface area contributed by atoms with Crippen LogP contribution in [0.4, 0.5) is 5.13 Å². The summed E-state index contributed by atoms with van der Waals surface area (Å²) in [6, 6.07) is 8.27. The Hall–Kier alpha value is -1.37. The third-order valence-electron chi connectivity index (χ3n) is 2.97. The molecule has 112 valence electrons. The van der Waals surface area contributed by atoms with E-state index in [9.17, 15) is 4.79 Å². The molecule has 1 aromatic carbocycles. The van der Waals surface area contributed by atoms with Gasteiger partial charge in [0.05, 0.1) is 5.69 Å². The zero-order valence-electron chi connectivity index (χ0n) is 12.2. The summed E-state index contributed by atoms with van der Waals surface area (Å²) in [5.41, 5.74) is 1.97. The smallest absolute Gasteiger partial charge is 0.226 e. The fourth-order valence-electron chi connectivity index (χ4n) is 1.83. The number of carbonyl (C=O) groups is 1. The summed E-state index contributed by atoms with van der Waals surface area (Å²) in [5, 5.41) is 8.51. The van der Waals surface area contributed by atoms with Crippen LogP contribution in [0.15, 0.2) is 34.5 Å². The van der Waals surface area contributed by atoms with E-state index in [2.05, 4.69) is 46.1 Å². The van der Waals surface area contributed by atoms with Crippen LogP contribution in [0.1, 0.15) is 12.8 Å². The summed E-state index contributed by atoms with van der Waals surface area (Å²) in [6.45, 7) is 0.846. The number of thiazole rings is 1. The molecule has 0 aliphatic carbocycles. The van der Waals surface area contributed by atoms with Gasteiger partial charge in [0.25, 0.3) is 0 Å². The lowest BCUT2D eigenvalue weighted by Gasteiger charge is -2.01. The molecule has 0 fully saturated rings. The maximum Gasteiger partial charge on any atom is 0.226 e. The first kappa shape index (κ1) is 16.0. The Bertz CT molecular complexity index is 581. The lowest BCUT2D eigenvalue weighted by molar-refractivity contribution is -0.116. The third-order valence-corrected chi connectivity index (χ3v) is 4.47. The van der Waals surface area contributed by atoms with Crippen molar-refractivity contribution in [3.63, 3.8) is 0 Å². The summed E-state index contributed by atoms with van der Waals surface area (Å²) >= 11 is 3.17. The highest BCUT2D eigenvalue weighted by Crippen LogP contribution is 2.26. The van der Waals surface area contributed by atoms with Gasteiger partial charge in [0.15, 0.2) is 5.13 Å². The van der Waals surface area contributed by atoms with Crippen molar-refractivity contribution in [3.05, 3.63) is 29.6 Å². The van der Waals surface area contributed by atoms with Gasteiger partial charge in [0.2, 0.25) is 5.91 Å². The highest BCUT2D eigenvalue weighted by Gasteiger charge is 2.08. The Morgan fingerprint density at radius 1 is 1.33 bits per heavy atom. The molecule has 21 heavy (non-hydrogen) atoms. The molecule has 0 spiro atoms. The summed E-state index contributed by atoms with van der Waals surface area (Å²) < 4.78 is 0. The van der Waals surface area contributed by atoms with Gasteiger partial charge in [-0.15, -0.1) is 23.1 Å². The van der Waals surface area contributed by atoms with Gasteiger partial charge < -0.3 is 10.6 Å². The van der Waals surface area contributed by atoms with Crippen molar-refractivity contribution in [2.75, 3.05) is 25.2 Å². The number of nitrogens with zero attached hydrogens (tertiary/aromatic N) is 1. The second-order valence-corrected chi connectivity index (χ2v) is 6.26. The van der Waals surface area contributed by atoms with Crippen molar-refractivity contribution in [1.82, 2.24) is 10.3 Å². The average Bonchev–Trinajstić information content (AvgIpc) is 2.96. The molecular weight excluding hydrogens is 302 g/mol. The van der Waals surface area contributed by atoms with Crippen LogP contribution < -0.4 is 10.6 Å². The van der Waals surface area contributed by atoms with Crippen molar-refractivity contribution in [3.8, 4) is 11.3 Å². The van der Waals surface area contributed by atoms with E-state index in [1.807, 2.05) is 12.4 Å². The van der Waals surface area contributed by atoms with Gasteiger partial charge in [-0.25, -0.2) is 4.98 Å². The van der Waals surface area contributed by atoms with Crippen LogP contribution in [-0.2, 0) is 4.79 Å². The van der Waals surface area contributed by atoms with Crippen LogP contribution in [0, 0.1) is 0 Å². The lowest BCUT2D eigenvalue weighted by atomic mass is 10.2. The molecule has 6 heteroatoms. The molecule has 0 atom stereocenters. The summed E-state index contributed by atoms with van der Waals surface area (Å²) in [5.74, 6) is 0.0175. The molecule has 2 aromatic rings. The standard InChI is InChI=1S/C15H19N3OS2/c1-16-9-3-4-14(19)18-15-17-13(10-21-15)11-5-7-12(20-2)8-6-11/h5-8,10,16H,3-4,9H2,1-2H3,(H,17,18,19). The van der Waals surface area contributed by atoms with Crippen molar-refractivity contribution >= 4 is 34.1 Å². The van der Waals surface area contributed by atoms with Crippen molar-refractivity contribution in [2.45, 2.75) is 17.7 Å². The Morgan fingerprint density at radius 2 is 2.10 bits per heavy atom. The van der Waals surface area contributed by atoms with Crippen LogP contribution >= 0.6 is 23.1 Å². The molecule has 2 N–H and O–H groups in total. The van der Waals surface area contributed by atoms with E-state index in [0.717, 1.165) is 24.2 Å². The van der Waals surface area contributed by atoms with Gasteiger partial charge in [-0.1, -0.05) is 12.1 Å². The first-order chi connectivity index (χ1) is 10.2. The molecule has 1 aromatic heterocycles. The largest absolute Gasteiger partial charge is 0.320 e. The Kier molecular flexibility index (Phi) is 6.22. The van der Waals surface area contributed by atoms with Crippen molar-refractivity contribution < 1.29 is 4.79 Å². The number of hydrogen-bond donors (Lipinski definition) is 2. The maximum atomic E-state index is 11.7. The molecule has 0 aliphatic heterocycles. The molecule has 0 unspecified atom stereocenters. The van der Waals surface area contributed by atoms with Gasteiger partial charge in [-0.3, -0.25) is 4.79 Å². The summed E-state index contributed by atoms with van der Waals surface area (Å²) in [6.07, 6.45) is 3.40. The molecule has 4 nitrogen and oxygen atoms in total. The summed E-state index contributed by atoms with van der Waals surface area (Å²) in [7, 11) is 1.88. The third kappa shape index (κ3) is 4.84. The minimum absolute atomic E-state index is 0.0175. The van der Waals surface area contributed by atoms with Gasteiger partial charge in [0.1, 0.15) is 0 Å². The molecule has 0 saturated heterocycles. The highest BCUT2D eigenvalue weighted by atomic mass is 32.2. The van der Waals surface area contributed by atoms with Crippen LogP contribution in [0.25, 0.3) is 11.3 Å². The first-order valence-electron chi connectivity index (χ1n) is 6.77. The monoisotopic (exact) mass is 321 g/mol. The first-order valence-corrected chi connectivity index (χ1v) is 8.88. The van der Waals surface area contributed by atoms with E-state index in [-0.39, 0.29) is 5.91 Å². The number of anilines is 1. The SMILES string of the molecule is CNCCCC(=O)Nc1nc(-c2ccc(SC)cc2)cs1. The van der Waals surface area contributed by atoms with Crippen LogP contribution in [0.3, 0.4) is 0 Å². The van der Waals surface area contributed by atoms with Crippen molar-refractivity contribution in [1.29, 1.82) is 0 Å². The highest BCUT2D eigenvalue weighted by molar-refractivity contribution is 7.98. The molecule has 0 radical (unpaired) electrons. The van der Waals surface area contributed by atoms with E-state index >= 15 is 0 Å². The number of aromatic nitrogens is 1. The molecule has 1 heterocycles. The van der Waals surface area contributed by atoms with E-state index in [1.165, 1.54) is 16.2 Å². The molecule has 0 bridgehead atoms. The second-order valence-electron chi connectivity index (χ2n) is 4.52. The number of benzene rings is 1. The van der Waals surface area contributed by atoms with E-state index < -0.39 is 0 Å². The Morgan fingerprint density at radius 3 is 2.76 bits per heavy atom. The van der Waals surface area contributed by atoms with E-state index in [0.29, 0.717) is 11.6 Å². The van der Waals surface area contributed by atoms with Crippen LogP contribution in [0.2, 0.25) is 0 Å². The van der Waals surface area contributed by atoms with Crippen LogP contribution in [0.5, 0.6) is 0 Å². The van der Waals surface area contributed by atoms with Gasteiger partial charge in [0, 0.05) is 22.3 Å². The fraction of sp³-hybridized carbons (Fsp3) is 0.333. The Balaban J connectivity index is 1.95. The predicted molar refractivity (Wildman–Crippen MR) is 91.1 cm³/mol. The van der Waals surface area contributed by atoms with E-state index in [4.69, 9.17) is 0 Å². The number of carbonyl (C=O) groups excluding carboxylic acids is 1. The molecule has 2 rings (SSSR count). The fourth-order valence-corrected chi connectivity index (χ4v) is 2.98. The minimum atomic E-state index is 0.0175. The van der Waals surface area contributed by atoms with Gasteiger partial charge >= 0.3 is 0 Å². The van der Waals surface area contributed by atoms with Crippen molar-refractivity contribution in [2.24, 2.45) is 0 Å². The predicted octanol–water partition coefficient (Wildman–Crippen LogP) is 3.47. The zero-order chi connectivity index (χ0) is 15.1. The maximum absolute atomic E-state index is 11.7. The quantitative estimate of drug-likeness (QED) is 0.605. The average molecular weight is 321 g/mol. The number of hydrogen-bond acceptors (Lipinski definition) is 5. The zero-order valence-corrected chi connectivity index (χ0v) is 13.8. The Labute approximate surface area is 133 Å². The van der Waals surface area contributed by atoms with E-state index in [1.54, 1.807) is 11.8 Å². The summed E-state index contributed by atoms with van der Waals surface area (Å²) in [4.78, 5) is 17.4. The number of nitrogens with one attached hydrogen (secondary N) is 2. The molecule has 0 aliphatic rings. The van der Waals surface area contributed by atoms with Crippen LogP contribution in [-0.4, -0.2) is 30.7 Å². The molecule has 0 saturated carbocycles. The molecule has 1 amide bonds. The van der Waals surface area contributed by atoms with Gasteiger partial charge in [-0.05, 0) is 38.4 Å². The normalized spacial score (nSPS) is 10.6. The molecular formula is C15H19N3OS2. The number of amides is 1. The topological polar surface area (TPSA) is 54.0 Å². The minimum Gasteiger partial charge on any atom is -0.320 e. The second kappa shape index (κ2) is 8.17. The van der Waals surface area contributed by atoms with Gasteiger partial charge in [-0.2, -0.15) is 0 Å². The lowest BCUT2D eigenvalue weighted by Crippen LogP contribution is -2.15. The number of thioether (sulfide) groups is 1. The number of rotatable bonds is 7.